The van der Waals surface area contributed by atoms with Crippen LogP contribution >= 0.6 is 11.3 Å². The van der Waals surface area contributed by atoms with Gasteiger partial charge in [0.2, 0.25) is 5.95 Å². The highest BCUT2D eigenvalue weighted by Gasteiger charge is 2.10. The zero-order chi connectivity index (χ0) is 12.3. The number of thiophene rings is 1. The molecule has 17 heavy (non-hydrogen) atoms. The van der Waals surface area contributed by atoms with E-state index < -0.39 is 5.97 Å². The number of carbonyl (C=O) groups excluding carboxylic acids is 1. The van der Waals surface area contributed by atoms with E-state index in [0.29, 0.717) is 4.88 Å². The molecule has 7 nitrogen and oxygen atoms in total. The molecular weight excluding hydrogens is 244 g/mol. The van der Waals surface area contributed by atoms with Crippen molar-refractivity contribution in [2.75, 3.05) is 5.32 Å². The van der Waals surface area contributed by atoms with E-state index in [1.165, 1.54) is 17.7 Å². The smallest absolute Gasteiger partial charge is 0.325 e. The minimum atomic E-state index is -1.02. The van der Waals surface area contributed by atoms with Crippen LogP contribution in [0, 0.1) is 0 Å². The molecule has 0 aliphatic rings. The highest BCUT2D eigenvalue weighted by atomic mass is 32.1. The quantitative estimate of drug-likeness (QED) is 0.833. The molecule has 0 radical (unpaired) electrons. The normalized spacial score (nSPS) is 10.1. The standard InChI is InChI=1S/C9H8N4O3S/c14-7(15)4-13-5-10-9(12-13)11-8(16)6-2-1-3-17-6/h1-3,5H,4H2,(H,14,15)(H,11,12,16). The summed E-state index contributed by atoms with van der Waals surface area (Å²) in [7, 11) is 0. The number of rotatable bonds is 4. The number of aromatic nitrogens is 3. The number of anilines is 1. The van der Waals surface area contributed by atoms with Crippen LogP contribution in [0.1, 0.15) is 9.67 Å². The molecule has 2 rings (SSSR count). The summed E-state index contributed by atoms with van der Waals surface area (Å²) in [5.74, 6) is -1.25. The first-order chi connectivity index (χ1) is 8.15. The summed E-state index contributed by atoms with van der Waals surface area (Å²) in [5.41, 5.74) is 0. The van der Waals surface area contributed by atoms with Crippen LogP contribution in [0.25, 0.3) is 0 Å². The Kier molecular flexibility index (Phi) is 3.15. The number of hydrogen-bond donors (Lipinski definition) is 2. The molecule has 0 atom stereocenters. The van der Waals surface area contributed by atoms with Gasteiger partial charge in [0.1, 0.15) is 12.9 Å². The first kappa shape index (κ1) is 11.3. The van der Waals surface area contributed by atoms with Gasteiger partial charge in [-0.2, -0.15) is 0 Å². The summed E-state index contributed by atoms with van der Waals surface area (Å²) in [4.78, 5) is 26.3. The maximum absolute atomic E-state index is 11.6. The third-order valence-electron chi connectivity index (χ3n) is 1.80. The van der Waals surface area contributed by atoms with Gasteiger partial charge in [-0.25, -0.2) is 9.67 Å². The number of carboxylic acids is 1. The van der Waals surface area contributed by atoms with Gasteiger partial charge in [-0.3, -0.25) is 14.9 Å². The van der Waals surface area contributed by atoms with E-state index in [9.17, 15) is 9.59 Å². The fraction of sp³-hybridized carbons (Fsp3) is 0.111. The maximum Gasteiger partial charge on any atom is 0.325 e. The van der Waals surface area contributed by atoms with Gasteiger partial charge < -0.3 is 5.11 Å². The topological polar surface area (TPSA) is 97.1 Å². The summed E-state index contributed by atoms with van der Waals surface area (Å²) >= 11 is 1.30. The molecule has 2 heterocycles. The lowest BCUT2D eigenvalue weighted by atomic mass is 10.4. The second kappa shape index (κ2) is 4.74. The Balaban J connectivity index is 2.02. The monoisotopic (exact) mass is 252 g/mol. The Bertz CT molecular complexity index is 534. The van der Waals surface area contributed by atoms with Crippen molar-refractivity contribution in [1.82, 2.24) is 14.8 Å². The average Bonchev–Trinajstić information content (AvgIpc) is 2.87. The predicted molar refractivity (Wildman–Crippen MR) is 59.9 cm³/mol. The maximum atomic E-state index is 11.6. The zero-order valence-electron chi connectivity index (χ0n) is 8.53. The Labute approximate surface area is 99.7 Å². The molecule has 0 spiro atoms. The predicted octanol–water partition coefficient (Wildman–Crippen LogP) is 0.676. The van der Waals surface area contributed by atoms with Crippen LogP contribution in [0.5, 0.6) is 0 Å². The second-order valence-corrected chi connectivity index (χ2v) is 4.04. The molecule has 0 aromatic carbocycles. The fourth-order valence-electron chi connectivity index (χ4n) is 1.14. The Morgan fingerprint density at radius 2 is 2.35 bits per heavy atom. The molecule has 2 aromatic rings. The SMILES string of the molecule is O=C(O)Cn1cnc(NC(=O)c2cccs2)n1. The van der Waals surface area contributed by atoms with Crippen molar-refractivity contribution in [1.29, 1.82) is 0 Å². The van der Waals surface area contributed by atoms with E-state index in [2.05, 4.69) is 15.4 Å². The number of carboxylic acid groups (broad SMARTS) is 1. The number of aliphatic carboxylic acids is 1. The van der Waals surface area contributed by atoms with Gasteiger partial charge in [-0.1, -0.05) is 6.07 Å². The molecular formula is C9H8N4O3S. The van der Waals surface area contributed by atoms with E-state index in [4.69, 9.17) is 5.11 Å². The second-order valence-electron chi connectivity index (χ2n) is 3.09. The number of nitrogens with zero attached hydrogens (tertiary/aromatic N) is 3. The van der Waals surface area contributed by atoms with Crippen molar-refractivity contribution in [2.45, 2.75) is 6.54 Å². The highest BCUT2D eigenvalue weighted by molar-refractivity contribution is 7.12. The van der Waals surface area contributed by atoms with Gasteiger partial charge in [0.25, 0.3) is 5.91 Å². The fourth-order valence-corrected chi connectivity index (χ4v) is 1.76. The molecule has 0 aliphatic carbocycles. The van der Waals surface area contributed by atoms with Gasteiger partial charge in [0.15, 0.2) is 0 Å². The number of hydrogen-bond acceptors (Lipinski definition) is 5. The van der Waals surface area contributed by atoms with Gasteiger partial charge in [-0.15, -0.1) is 16.4 Å². The number of carbonyl (C=O) groups is 2. The van der Waals surface area contributed by atoms with Crippen molar-refractivity contribution in [3.05, 3.63) is 28.7 Å². The molecule has 0 saturated carbocycles. The molecule has 2 N–H and O–H groups in total. The molecule has 1 amide bonds. The summed E-state index contributed by atoms with van der Waals surface area (Å²) in [6.45, 7) is -0.290. The summed E-state index contributed by atoms with van der Waals surface area (Å²) in [5, 5.41) is 16.6. The number of nitrogens with one attached hydrogen (secondary N) is 1. The van der Waals surface area contributed by atoms with Gasteiger partial charge >= 0.3 is 5.97 Å². The van der Waals surface area contributed by atoms with Crippen molar-refractivity contribution in [3.8, 4) is 0 Å². The molecule has 0 fully saturated rings. The van der Waals surface area contributed by atoms with E-state index in [-0.39, 0.29) is 18.4 Å². The summed E-state index contributed by atoms with van der Waals surface area (Å²) in [6, 6.07) is 3.43. The molecule has 0 unspecified atom stereocenters. The van der Waals surface area contributed by atoms with Crippen LogP contribution in [-0.2, 0) is 11.3 Å². The van der Waals surface area contributed by atoms with Crippen molar-refractivity contribution in [2.24, 2.45) is 0 Å². The minimum Gasteiger partial charge on any atom is -0.480 e. The van der Waals surface area contributed by atoms with Crippen LogP contribution in [0.4, 0.5) is 5.95 Å². The lowest BCUT2D eigenvalue weighted by molar-refractivity contribution is -0.137. The van der Waals surface area contributed by atoms with E-state index in [0.717, 1.165) is 4.68 Å². The molecule has 0 aliphatic heterocycles. The molecule has 0 bridgehead atoms. The number of amides is 1. The van der Waals surface area contributed by atoms with E-state index in [1.54, 1.807) is 17.5 Å². The van der Waals surface area contributed by atoms with Crippen molar-refractivity contribution < 1.29 is 14.7 Å². The molecule has 2 aromatic heterocycles. The lowest BCUT2D eigenvalue weighted by Crippen LogP contribution is -2.13. The molecule has 0 saturated heterocycles. The van der Waals surface area contributed by atoms with Gasteiger partial charge in [0, 0.05) is 0 Å². The Hall–Kier alpha value is -2.22. The van der Waals surface area contributed by atoms with Gasteiger partial charge in [-0.05, 0) is 11.4 Å². The van der Waals surface area contributed by atoms with Gasteiger partial charge in [0.05, 0.1) is 4.88 Å². The zero-order valence-corrected chi connectivity index (χ0v) is 9.35. The van der Waals surface area contributed by atoms with Crippen molar-refractivity contribution >= 4 is 29.2 Å². The molecule has 88 valence electrons. The van der Waals surface area contributed by atoms with Crippen molar-refractivity contribution in [3.63, 3.8) is 0 Å². The van der Waals surface area contributed by atoms with Crippen LogP contribution in [-0.4, -0.2) is 31.7 Å². The van der Waals surface area contributed by atoms with Crippen LogP contribution < -0.4 is 5.32 Å². The third kappa shape index (κ3) is 2.88. The summed E-state index contributed by atoms with van der Waals surface area (Å²) in [6.07, 6.45) is 1.25. The third-order valence-corrected chi connectivity index (χ3v) is 2.67. The van der Waals surface area contributed by atoms with Crippen LogP contribution in [0.2, 0.25) is 0 Å². The van der Waals surface area contributed by atoms with Crippen LogP contribution in [0.15, 0.2) is 23.8 Å². The lowest BCUT2D eigenvalue weighted by Gasteiger charge is -1.97. The largest absolute Gasteiger partial charge is 0.480 e. The summed E-state index contributed by atoms with van der Waals surface area (Å²) < 4.78 is 1.13. The van der Waals surface area contributed by atoms with E-state index >= 15 is 0 Å². The Morgan fingerprint density at radius 3 is 3.00 bits per heavy atom. The molecule has 8 heteroatoms. The minimum absolute atomic E-state index is 0.0876. The first-order valence-electron chi connectivity index (χ1n) is 4.61. The average molecular weight is 252 g/mol. The Morgan fingerprint density at radius 1 is 1.53 bits per heavy atom. The van der Waals surface area contributed by atoms with Crippen LogP contribution in [0.3, 0.4) is 0 Å². The highest BCUT2D eigenvalue weighted by Crippen LogP contribution is 2.10. The first-order valence-corrected chi connectivity index (χ1v) is 5.49. The van der Waals surface area contributed by atoms with E-state index in [1.807, 2.05) is 0 Å².